The van der Waals surface area contributed by atoms with Crippen LogP contribution in [-0.2, 0) is 9.47 Å². The quantitative estimate of drug-likeness (QED) is 0.621. The molecule has 0 aromatic rings. The molecule has 4 unspecified atom stereocenters. The van der Waals surface area contributed by atoms with Gasteiger partial charge in [-0.1, -0.05) is 20.8 Å². The number of aliphatic hydroxyl groups is 1. The summed E-state index contributed by atoms with van der Waals surface area (Å²) in [6, 6.07) is 0. The molecule has 0 aliphatic carbocycles. The summed E-state index contributed by atoms with van der Waals surface area (Å²) in [7, 11) is 1.68. The van der Waals surface area contributed by atoms with Gasteiger partial charge in [-0.25, -0.2) is 0 Å². The third-order valence-electron chi connectivity index (χ3n) is 3.41. The van der Waals surface area contributed by atoms with Crippen LogP contribution in [0.5, 0.6) is 0 Å². The van der Waals surface area contributed by atoms with Crippen LogP contribution in [0.4, 0.5) is 0 Å². The first-order valence-corrected chi connectivity index (χ1v) is 6.36. The molecular weight excluding hydrogens is 204 g/mol. The average molecular weight is 232 g/mol. The molecule has 0 saturated heterocycles. The Morgan fingerprint density at radius 1 is 1.19 bits per heavy atom. The molecule has 0 radical (unpaired) electrons. The van der Waals surface area contributed by atoms with E-state index in [4.69, 9.17) is 9.47 Å². The molecule has 0 aliphatic rings. The van der Waals surface area contributed by atoms with Crippen LogP contribution in [0.25, 0.3) is 0 Å². The molecule has 16 heavy (non-hydrogen) atoms. The Morgan fingerprint density at radius 3 is 2.25 bits per heavy atom. The van der Waals surface area contributed by atoms with Crippen molar-refractivity contribution in [3.63, 3.8) is 0 Å². The van der Waals surface area contributed by atoms with E-state index in [9.17, 15) is 5.11 Å². The molecule has 0 saturated carbocycles. The fraction of sp³-hybridized carbons (Fsp3) is 1.00. The number of methoxy groups -OCH3 is 1. The van der Waals surface area contributed by atoms with Gasteiger partial charge in [0.15, 0.2) is 0 Å². The van der Waals surface area contributed by atoms with Crippen molar-refractivity contribution in [3.05, 3.63) is 0 Å². The number of rotatable bonds is 9. The molecule has 0 bridgehead atoms. The third kappa shape index (κ3) is 5.28. The standard InChI is InChI=1S/C13H28O3/c1-6-12(14)13(15-5)11(4)10(3)8-9-16-7-2/h10-14H,6-9H2,1-5H3. The van der Waals surface area contributed by atoms with Gasteiger partial charge >= 0.3 is 0 Å². The smallest absolute Gasteiger partial charge is 0.0857 e. The molecule has 0 spiro atoms. The summed E-state index contributed by atoms with van der Waals surface area (Å²) < 4.78 is 10.8. The normalized spacial score (nSPS) is 19.1. The minimum atomic E-state index is -0.366. The van der Waals surface area contributed by atoms with Gasteiger partial charge in [0.2, 0.25) is 0 Å². The monoisotopic (exact) mass is 232 g/mol. The number of hydrogen-bond acceptors (Lipinski definition) is 3. The van der Waals surface area contributed by atoms with Crippen molar-refractivity contribution in [1.82, 2.24) is 0 Å². The van der Waals surface area contributed by atoms with Crippen molar-refractivity contribution in [2.75, 3.05) is 20.3 Å². The van der Waals surface area contributed by atoms with E-state index in [-0.39, 0.29) is 12.2 Å². The summed E-state index contributed by atoms with van der Waals surface area (Å²) in [5.41, 5.74) is 0. The van der Waals surface area contributed by atoms with Gasteiger partial charge in [-0.05, 0) is 31.6 Å². The summed E-state index contributed by atoms with van der Waals surface area (Å²) in [6.07, 6.45) is 1.32. The Labute approximate surface area is 100 Å². The van der Waals surface area contributed by atoms with Crippen molar-refractivity contribution < 1.29 is 14.6 Å². The Balaban J connectivity index is 4.10. The molecule has 0 heterocycles. The van der Waals surface area contributed by atoms with E-state index in [0.29, 0.717) is 11.8 Å². The Morgan fingerprint density at radius 2 is 1.81 bits per heavy atom. The van der Waals surface area contributed by atoms with Crippen LogP contribution in [0, 0.1) is 11.8 Å². The molecular formula is C13H28O3. The van der Waals surface area contributed by atoms with Gasteiger partial charge in [-0.3, -0.25) is 0 Å². The molecule has 3 heteroatoms. The van der Waals surface area contributed by atoms with E-state index in [1.807, 2.05) is 13.8 Å². The minimum absolute atomic E-state index is 0.0679. The van der Waals surface area contributed by atoms with E-state index < -0.39 is 0 Å². The molecule has 1 N–H and O–H groups in total. The summed E-state index contributed by atoms with van der Waals surface area (Å²) in [6.45, 7) is 9.88. The molecule has 0 aromatic heterocycles. The van der Waals surface area contributed by atoms with Gasteiger partial charge in [0.1, 0.15) is 0 Å². The van der Waals surface area contributed by atoms with E-state index in [1.54, 1.807) is 7.11 Å². The fourth-order valence-electron chi connectivity index (χ4n) is 1.95. The highest BCUT2D eigenvalue weighted by Crippen LogP contribution is 2.23. The minimum Gasteiger partial charge on any atom is -0.390 e. The van der Waals surface area contributed by atoms with Crippen molar-refractivity contribution in [3.8, 4) is 0 Å². The Bertz CT molecular complexity index is 161. The van der Waals surface area contributed by atoms with Crippen LogP contribution in [0.1, 0.15) is 40.5 Å². The number of aliphatic hydroxyl groups excluding tert-OH is 1. The van der Waals surface area contributed by atoms with Gasteiger partial charge in [-0.2, -0.15) is 0 Å². The largest absolute Gasteiger partial charge is 0.390 e. The van der Waals surface area contributed by atoms with Crippen molar-refractivity contribution in [1.29, 1.82) is 0 Å². The van der Waals surface area contributed by atoms with Crippen molar-refractivity contribution >= 4 is 0 Å². The first-order chi connectivity index (χ1) is 7.58. The lowest BCUT2D eigenvalue weighted by Gasteiger charge is -2.31. The second-order valence-electron chi connectivity index (χ2n) is 4.50. The Kier molecular flexibility index (Phi) is 8.90. The molecule has 0 fully saturated rings. The third-order valence-corrected chi connectivity index (χ3v) is 3.41. The van der Waals surface area contributed by atoms with Crippen molar-refractivity contribution in [2.45, 2.75) is 52.7 Å². The van der Waals surface area contributed by atoms with E-state index in [0.717, 1.165) is 26.1 Å². The zero-order valence-electron chi connectivity index (χ0n) is 11.4. The highest BCUT2D eigenvalue weighted by atomic mass is 16.5. The van der Waals surface area contributed by atoms with Gasteiger partial charge < -0.3 is 14.6 Å². The second kappa shape index (κ2) is 8.97. The van der Waals surface area contributed by atoms with Crippen molar-refractivity contribution in [2.24, 2.45) is 11.8 Å². The molecule has 98 valence electrons. The summed E-state index contributed by atoms with van der Waals surface area (Å²) in [5, 5.41) is 9.85. The second-order valence-corrected chi connectivity index (χ2v) is 4.50. The van der Waals surface area contributed by atoms with Gasteiger partial charge in [0.05, 0.1) is 12.2 Å². The lowest BCUT2D eigenvalue weighted by atomic mass is 9.85. The number of hydrogen-bond donors (Lipinski definition) is 1. The van der Waals surface area contributed by atoms with Crippen LogP contribution >= 0.6 is 0 Å². The lowest BCUT2D eigenvalue weighted by molar-refractivity contribution is -0.0576. The van der Waals surface area contributed by atoms with Crippen LogP contribution in [-0.4, -0.2) is 37.6 Å². The lowest BCUT2D eigenvalue weighted by Crippen LogP contribution is -2.36. The highest BCUT2D eigenvalue weighted by Gasteiger charge is 2.27. The highest BCUT2D eigenvalue weighted by molar-refractivity contribution is 4.77. The van der Waals surface area contributed by atoms with E-state index >= 15 is 0 Å². The molecule has 0 aromatic carbocycles. The topological polar surface area (TPSA) is 38.7 Å². The van der Waals surface area contributed by atoms with Crippen LogP contribution < -0.4 is 0 Å². The molecule has 0 amide bonds. The van der Waals surface area contributed by atoms with E-state index in [1.165, 1.54) is 0 Å². The van der Waals surface area contributed by atoms with E-state index in [2.05, 4.69) is 13.8 Å². The summed E-state index contributed by atoms with van der Waals surface area (Å²) in [4.78, 5) is 0. The molecule has 0 aliphatic heterocycles. The number of ether oxygens (including phenoxy) is 2. The first-order valence-electron chi connectivity index (χ1n) is 6.36. The maximum atomic E-state index is 9.85. The Hall–Kier alpha value is -0.120. The maximum absolute atomic E-state index is 9.85. The predicted molar refractivity (Wildman–Crippen MR) is 66.5 cm³/mol. The van der Waals surface area contributed by atoms with Gasteiger partial charge in [0, 0.05) is 20.3 Å². The molecule has 0 rings (SSSR count). The molecule has 4 atom stereocenters. The van der Waals surface area contributed by atoms with Gasteiger partial charge in [0.25, 0.3) is 0 Å². The average Bonchev–Trinajstić information content (AvgIpc) is 2.29. The zero-order valence-corrected chi connectivity index (χ0v) is 11.4. The fourth-order valence-corrected chi connectivity index (χ4v) is 1.95. The van der Waals surface area contributed by atoms with Crippen LogP contribution in [0.15, 0.2) is 0 Å². The summed E-state index contributed by atoms with van der Waals surface area (Å²) >= 11 is 0. The van der Waals surface area contributed by atoms with Crippen LogP contribution in [0.3, 0.4) is 0 Å². The SMILES string of the molecule is CCOCCC(C)C(C)C(OC)C(O)CC. The maximum Gasteiger partial charge on any atom is 0.0857 e. The predicted octanol–water partition coefficient (Wildman–Crippen LogP) is 2.47. The molecule has 3 nitrogen and oxygen atoms in total. The zero-order chi connectivity index (χ0) is 12.6. The van der Waals surface area contributed by atoms with Crippen LogP contribution in [0.2, 0.25) is 0 Å². The van der Waals surface area contributed by atoms with Gasteiger partial charge in [-0.15, -0.1) is 0 Å². The summed E-state index contributed by atoms with van der Waals surface area (Å²) in [5.74, 6) is 0.845. The first kappa shape index (κ1) is 15.9.